The zero-order valence-electron chi connectivity index (χ0n) is 16.5. The number of hydrogen-bond donors (Lipinski definition) is 1. The number of fused-ring (bicyclic) bond motifs is 1. The molecule has 1 aliphatic rings. The van der Waals surface area contributed by atoms with Crippen molar-refractivity contribution in [2.45, 2.75) is 51.6 Å². The second kappa shape index (κ2) is 9.92. The molecule has 0 aliphatic heterocycles. The van der Waals surface area contributed by atoms with Crippen LogP contribution in [0, 0.1) is 0 Å². The first-order valence-electron chi connectivity index (χ1n) is 10.0. The number of ether oxygens (including phenoxy) is 1. The van der Waals surface area contributed by atoms with E-state index >= 15 is 0 Å². The molecule has 0 saturated heterocycles. The van der Waals surface area contributed by atoms with E-state index < -0.39 is 0 Å². The lowest BCUT2D eigenvalue weighted by molar-refractivity contribution is -0.120. The van der Waals surface area contributed by atoms with Crippen LogP contribution in [-0.4, -0.2) is 12.5 Å². The molecule has 3 rings (SSSR count). The monoisotopic (exact) mass is 441 g/mol. The largest absolute Gasteiger partial charge is 0.487 e. The topological polar surface area (TPSA) is 38.3 Å². The van der Waals surface area contributed by atoms with Crippen molar-refractivity contribution in [1.29, 1.82) is 0 Å². The summed E-state index contributed by atoms with van der Waals surface area (Å²) in [4.78, 5) is 11.6. The third-order valence-corrected chi connectivity index (χ3v) is 5.93. The second-order valence-corrected chi connectivity index (χ2v) is 8.09. The van der Waals surface area contributed by atoms with Crippen LogP contribution in [0.15, 0.2) is 53.5 Å². The summed E-state index contributed by atoms with van der Waals surface area (Å²) in [5.41, 5.74) is 5.18. The van der Waals surface area contributed by atoms with E-state index in [9.17, 15) is 4.79 Å². The predicted octanol–water partition coefficient (Wildman–Crippen LogP) is 5.70. The van der Waals surface area contributed by atoms with Crippen molar-refractivity contribution in [3.63, 3.8) is 0 Å². The summed E-state index contributed by atoms with van der Waals surface area (Å²) in [6.45, 7) is 7.11. The Morgan fingerprint density at radius 2 is 2.14 bits per heavy atom. The van der Waals surface area contributed by atoms with Crippen LogP contribution in [0.1, 0.15) is 54.4 Å². The third kappa shape index (κ3) is 4.85. The average molecular weight is 442 g/mol. The number of aryl methyl sites for hydroxylation is 1. The van der Waals surface area contributed by atoms with Crippen LogP contribution >= 0.6 is 15.9 Å². The Hall–Kier alpha value is -2.07. The fourth-order valence-corrected chi connectivity index (χ4v) is 4.61. The van der Waals surface area contributed by atoms with Crippen molar-refractivity contribution in [3.8, 4) is 5.75 Å². The smallest absolute Gasteiger partial charge is 0.219 e. The van der Waals surface area contributed by atoms with E-state index in [-0.39, 0.29) is 5.91 Å². The maximum Gasteiger partial charge on any atom is 0.219 e. The van der Waals surface area contributed by atoms with E-state index in [1.54, 1.807) is 0 Å². The molecule has 0 aromatic heterocycles. The van der Waals surface area contributed by atoms with Crippen molar-refractivity contribution in [2.24, 2.45) is 0 Å². The van der Waals surface area contributed by atoms with Gasteiger partial charge in [0, 0.05) is 18.5 Å². The number of hydrogen-bond acceptors (Lipinski definition) is 2. The molecule has 4 heteroatoms. The Balaban J connectivity index is 1.84. The molecule has 2 aromatic rings. The van der Waals surface area contributed by atoms with Crippen molar-refractivity contribution < 1.29 is 9.53 Å². The first kappa shape index (κ1) is 20.7. The molecule has 0 fully saturated rings. The lowest BCUT2D eigenvalue weighted by Crippen LogP contribution is -2.24. The number of rotatable bonds is 9. The van der Waals surface area contributed by atoms with Gasteiger partial charge in [-0.15, -0.1) is 6.58 Å². The van der Waals surface area contributed by atoms with Crippen LogP contribution in [0.5, 0.6) is 5.75 Å². The molecule has 0 saturated carbocycles. The standard InChI is InChI=1S/C24H28BrNO2/c1-3-8-20-23-18(13-14-26-22(27)4-2)11-12-19(23)15-21(25)24(20)28-16-17-9-6-5-7-10-17/h3,5-7,9-10,15,18H,1,4,8,11-14,16H2,2H3,(H,26,27)/t18-/m0/s1. The van der Waals surface area contributed by atoms with Crippen LogP contribution in [0.4, 0.5) is 0 Å². The molecule has 0 spiro atoms. The number of carbonyl (C=O) groups is 1. The first-order chi connectivity index (χ1) is 13.6. The van der Waals surface area contributed by atoms with Gasteiger partial charge in [-0.1, -0.05) is 43.3 Å². The van der Waals surface area contributed by atoms with Gasteiger partial charge in [-0.2, -0.15) is 0 Å². The molecule has 0 heterocycles. The maximum absolute atomic E-state index is 11.6. The van der Waals surface area contributed by atoms with Gasteiger partial charge in [-0.25, -0.2) is 0 Å². The Morgan fingerprint density at radius 3 is 2.86 bits per heavy atom. The van der Waals surface area contributed by atoms with Crippen LogP contribution in [0.2, 0.25) is 0 Å². The van der Waals surface area contributed by atoms with Crippen molar-refractivity contribution in [3.05, 3.63) is 75.8 Å². The normalized spacial score (nSPS) is 15.1. The summed E-state index contributed by atoms with van der Waals surface area (Å²) in [7, 11) is 0. The van der Waals surface area contributed by atoms with Gasteiger partial charge in [0.15, 0.2) is 0 Å². The van der Waals surface area contributed by atoms with Crippen LogP contribution in [0.3, 0.4) is 0 Å². The zero-order valence-corrected chi connectivity index (χ0v) is 18.1. The van der Waals surface area contributed by atoms with Gasteiger partial charge in [-0.05, 0) is 70.3 Å². The van der Waals surface area contributed by atoms with E-state index in [0.29, 0.717) is 18.9 Å². The Bertz CT molecular complexity index is 832. The molecule has 28 heavy (non-hydrogen) atoms. The minimum Gasteiger partial charge on any atom is -0.487 e. The van der Waals surface area contributed by atoms with Gasteiger partial charge in [0.05, 0.1) is 4.47 Å². The minimum atomic E-state index is 0.118. The molecule has 1 atom stereocenters. The molecular weight excluding hydrogens is 414 g/mol. The summed E-state index contributed by atoms with van der Waals surface area (Å²) in [5.74, 6) is 1.49. The molecule has 0 bridgehead atoms. The van der Waals surface area contributed by atoms with Gasteiger partial charge in [-0.3, -0.25) is 4.79 Å². The van der Waals surface area contributed by atoms with Gasteiger partial charge in [0.1, 0.15) is 12.4 Å². The number of halogens is 1. The molecule has 3 nitrogen and oxygen atoms in total. The van der Waals surface area contributed by atoms with E-state index in [1.165, 1.54) is 16.7 Å². The number of allylic oxidation sites excluding steroid dienone is 1. The highest BCUT2D eigenvalue weighted by atomic mass is 79.9. The molecule has 2 aromatic carbocycles. The summed E-state index contributed by atoms with van der Waals surface area (Å²) >= 11 is 3.73. The lowest BCUT2D eigenvalue weighted by Gasteiger charge is -2.21. The Kier molecular flexibility index (Phi) is 7.32. The lowest BCUT2D eigenvalue weighted by atomic mass is 9.91. The predicted molar refractivity (Wildman–Crippen MR) is 118 cm³/mol. The van der Waals surface area contributed by atoms with Gasteiger partial charge in [0.25, 0.3) is 0 Å². The molecule has 0 radical (unpaired) electrons. The highest BCUT2D eigenvalue weighted by Gasteiger charge is 2.28. The first-order valence-corrected chi connectivity index (χ1v) is 10.8. The van der Waals surface area contributed by atoms with Crippen molar-refractivity contribution in [1.82, 2.24) is 5.32 Å². The molecule has 1 amide bonds. The molecule has 1 aliphatic carbocycles. The summed E-state index contributed by atoms with van der Waals surface area (Å²) in [6.07, 6.45) is 6.42. The van der Waals surface area contributed by atoms with Crippen molar-refractivity contribution >= 4 is 21.8 Å². The quantitative estimate of drug-likeness (QED) is 0.506. The summed E-state index contributed by atoms with van der Waals surface area (Å²) < 4.78 is 7.29. The van der Waals surface area contributed by atoms with Crippen LogP contribution in [0.25, 0.3) is 0 Å². The van der Waals surface area contributed by atoms with E-state index in [4.69, 9.17) is 4.74 Å². The molecule has 148 valence electrons. The Labute approximate surface area is 176 Å². The van der Waals surface area contributed by atoms with Gasteiger partial charge in [0.2, 0.25) is 5.91 Å². The minimum absolute atomic E-state index is 0.118. The fourth-order valence-electron chi connectivity index (χ4n) is 3.98. The number of amides is 1. The third-order valence-electron chi connectivity index (χ3n) is 5.34. The van der Waals surface area contributed by atoms with E-state index in [2.05, 4.69) is 46.0 Å². The number of nitrogens with one attached hydrogen (secondary N) is 1. The summed E-state index contributed by atoms with van der Waals surface area (Å²) in [6, 6.07) is 12.4. The maximum atomic E-state index is 11.6. The van der Waals surface area contributed by atoms with E-state index in [1.807, 2.05) is 31.2 Å². The highest BCUT2D eigenvalue weighted by molar-refractivity contribution is 9.10. The summed E-state index contributed by atoms with van der Waals surface area (Å²) in [5, 5.41) is 3.01. The molecule has 0 unspecified atom stereocenters. The van der Waals surface area contributed by atoms with Gasteiger partial charge >= 0.3 is 0 Å². The highest BCUT2D eigenvalue weighted by Crippen LogP contribution is 2.45. The number of benzene rings is 2. The SMILES string of the molecule is C=CCc1c(OCc2ccccc2)c(Br)cc2c1[C@H](CCNC(=O)CC)CC2. The Morgan fingerprint density at radius 1 is 1.36 bits per heavy atom. The van der Waals surface area contributed by atoms with Crippen LogP contribution in [-0.2, 0) is 24.2 Å². The molecular formula is C24H28BrNO2. The number of carbonyl (C=O) groups excluding carboxylic acids is 1. The van der Waals surface area contributed by atoms with E-state index in [0.717, 1.165) is 48.0 Å². The molecule has 1 N–H and O–H groups in total. The zero-order chi connectivity index (χ0) is 19.9. The van der Waals surface area contributed by atoms with Crippen LogP contribution < -0.4 is 10.1 Å². The fraction of sp³-hybridized carbons (Fsp3) is 0.375. The van der Waals surface area contributed by atoms with Gasteiger partial charge < -0.3 is 10.1 Å². The second-order valence-electron chi connectivity index (χ2n) is 7.23. The average Bonchev–Trinajstić information content (AvgIpc) is 3.10. The van der Waals surface area contributed by atoms with Crippen molar-refractivity contribution in [2.75, 3.05) is 6.54 Å².